The average molecular weight is 799 g/mol. The molecule has 0 unspecified atom stereocenters. The lowest BCUT2D eigenvalue weighted by Gasteiger charge is -2.19. The second-order valence-corrected chi connectivity index (χ2v) is 12.2. The molecule has 1 fully saturated rings. The zero-order chi connectivity index (χ0) is 40.1. The first-order valence-corrected chi connectivity index (χ1v) is 16.1. The Labute approximate surface area is 309 Å². The molecule has 290 valence electrons. The number of hydrogen-bond acceptors (Lipinski definition) is 10. The highest BCUT2D eigenvalue weighted by Gasteiger charge is 2.45. The Hall–Kier alpha value is -6.25. The second kappa shape index (κ2) is 16.4. The van der Waals surface area contributed by atoms with Crippen molar-refractivity contribution in [2.45, 2.75) is 37.0 Å². The summed E-state index contributed by atoms with van der Waals surface area (Å²) in [5, 5.41) is 21.8. The quantitative estimate of drug-likeness (QED) is 0.0425. The summed E-state index contributed by atoms with van der Waals surface area (Å²) in [5.41, 5.74) is -0.735. The molecule has 1 atom stereocenters. The minimum Gasteiger partial charge on any atom is -0.480 e. The Bertz CT molecular complexity index is 2110. The van der Waals surface area contributed by atoms with Crippen molar-refractivity contribution in [1.29, 1.82) is 0 Å². The number of anilines is 4. The van der Waals surface area contributed by atoms with Crippen LogP contribution in [0.4, 0.5) is 54.0 Å². The van der Waals surface area contributed by atoms with Crippen molar-refractivity contribution in [3.63, 3.8) is 0 Å². The molecule has 14 nitrogen and oxygen atoms in total. The number of nitrogens with zero attached hydrogens (tertiary/aromatic N) is 3. The van der Waals surface area contributed by atoms with Crippen LogP contribution in [0.5, 0.6) is 6.01 Å². The summed E-state index contributed by atoms with van der Waals surface area (Å²) in [6, 6.07) is 10.1. The number of nitrogens with one attached hydrogen (secondary N) is 5. The second-order valence-electron chi connectivity index (χ2n) is 11.8. The zero-order valence-corrected chi connectivity index (χ0v) is 28.4. The van der Waals surface area contributed by atoms with Gasteiger partial charge in [0.15, 0.2) is 29.9 Å². The average Bonchev–Trinajstić information content (AvgIpc) is 3.91. The molecule has 1 aromatic heterocycles. The minimum atomic E-state index is -4.69. The molecule has 0 bridgehead atoms. The lowest BCUT2D eigenvalue weighted by atomic mass is 10.1. The van der Waals surface area contributed by atoms with Gasteiger partial charge in [-0.05, 0) is 61.2 Å². The first-order valence-electron chi connectivity index (χ1n) is 15.8. The van der Waals surface area contributed by atoms with Gasteiger partial charge in [-0.3, -0.25) is 14.4 Å². The van der Waals surface area contributed by atoms with Crippen LogP contribution in [0.1, 0.15) is 35.2 Å². The standard InChI is InChI=1S/C33H26ClF7N8O6/c34-17-5-3-16(4-6-17)32(10-11-32)49-30-46-29(47-31(48-30)55-14-33(39,40)41)43-18-7-1-15(2-8-18)25(50)44-20(28(53)54)9-12-42-26(51)27(52)45-21-13-19(35)22(36)24(38)23(21)37/h1-8,13,20H,9-12,14H2,(H,42,51)(H,44,50)(H,45,52)(H,53,54)(H2,43,46,47,48,49)/t20-/m1/s1. The van der Waals surface area contributed by atoms with E-state index in [9.17, 15) is 55.0 Å². The van der Waals surface area contributed by atoms with Gasteiger partial charge in [0.05, 0.1) is 11.2 Å². The van der Waals surface area contributed by atoms with Crippen LogP contribution in [-0.2, 0) is 19.9 Å². The van der Waals surface area contributed by atoms with Crippen LogP contribution in [0.2, 0.25) is 5.02 Å². The minimum absolute atomic E-state index is 0.0492. The summed E-state index contributed by atoms with van der Waals surface area (Å²) < 4.78 is 97.2. The molecule has 0 spiro atoms. The normalized spacial score (nSPS) is 13.6. The van der Waals surface area contributed by atoms with Gasteiger partial charge in [0.1, 0.15) is 6.04 Å². The van der Waals surface area contributed by atoms with E-state index in [2.05, 4.69) is 30.9 Å². The van der Waals surface area contributed by atoms with Gasteiger partial charge in [0.25, 0.3) is 5.91 Å². The molecule has 55 heavy (non-hydrogen) atoms. The number of carboxylic acids is 1. The molecule has 0 saturated heterocycles. The maximum Gasteiger partial charge on any atom is 0.422 e. The number of alkyl halides is 3. The van der Waals surface area contributed by atoms with Crippen LogP contribution in [0.25, 0.3) is 0 Å². The fraction of sp³-hybridized carbons (Fsp3) is 0.242. The van der Waals surface area contributed by atoms with Crippen molar-refractivity contribution in [2.75, 3.05) is 29.1 Å². The molecule has 3 amide bonds. The number of carbonyl (C=O) groups excluding carboxylic acids is 3. The fourth-order valence-electron chi connectivity index (χ4n) is 4.86. The summed E-state index contributed by atoms with van der Waals surface area (Å²) >= 11 is 5.99. The number of ether oxygens (including phenoxy) is 1. The number of carboxylic acid groups (broad SMARTS) is 1. The van der Waals surface area contributed by atoms with Crippen LogP contribution >= 0.6 is 11.6 Å². The topological polar surface area (TPSA) is 197 Å². The first-order chi connectivity index (χ1) is 25.9. The van der Waals surface area contributed by atoms with Crippen LogP contribution in [0.15, 0.2) is 54.6 Å². The van der Waals surface area contributed by atoms with Gasteiger partial charge in [-0.2, -0.15) is 28.1 Å². The number of aromatic nitrogens is 3. The molecule has 1 aliphatic rings. The van der Waals surface area contributed by atoms with Gasteiger partial charge in [-0.1, -0.05) is 23.7 Å². The van der Waals surface area contributed by atoms with Gasteiger partial charge >= 0.3 is 30.0 Å². The number of benzene rings is 3. The monoisotopic (exact) mass is 798 g/mol. The third-order valence-electron chi connectivity index (χ3n) is 7.76. The van der Waals surface area contributed by atoms with E-state index in [1.165, 1.54) is 24.3 Å². The van der Waals surface area contributed by atoms with Crippen LogP contribution in [0.3, 0.4) is 0 Å². The van der Waals surface area contributed by atoms with Crippen molar-refractivity contribution in [3.05, 3.63) is 94.0 Å². The SMILES string of the molecule is O=C(NCC[C@@H](NC(=O)c1ccc(Nc2nc(NC3(c4ccc(Cl)cc4)CC3)nc(OCC(F)(F)F)n2)cc1)C(=O)O)C(=O)Nc1cc(F)c(F)c(F)c1F. The molecule has 1 saturated carbocycles. The first kappa shape index (κ1) is 39.9. The summed E-state index contributed by atoms with van der Waals surface area (Å²) in [6.07, 6.45) is -3.84. The van der Waals surface area contributed by atoms with Crippen LogP contribution in [0, 0.1) is 23.3 Å². The number of hydrogen-bond donors (Lipinski definition) is 6. The third kappa shape index (κ3) is 10.5. The predicted molar refractivity (Wildman–Crippen MR) is 179 cm³/mol. The number of halogens is 8. The van der Waals surface area contributed by atoms with Crippen molar-refractivity contribution < 1.29 is 59.8 Å². The van der Waals surface area contributed by atoms with E-state index in [1.54, 1.807) is 29.6 Å². The van der Waals surface area contributed by atoms with Crippen molar-refractivity contribution in [3.8, 4) is 6.01 Å². The highest BCUT2D eigenvalue weighted by atomic mass is 35.5. The summed E-state index contributed by atoms with van der Waals surface area (Å²) in [7, 11) is 0. The Morgan fingerprint density at radius 2 is 1.53 bits per heavy atom. The molecule has 0 aliphatic heterocycles. The van der Waals surface area contributed by atoms with Gasteiger partial charge in [-0.25, -0.2) is 22.4 Å². The smallest absolute Gasteiger partial charge is 0.422 e. The predicted octanol–water partition coefficient (Wildman–Crippen LogP) is 5.20. The van der Waals surface area contributed by atoms with E-state index in [1.807, 2.05) is 5.32 Å². The van der Waals surface area contributed by atoms with Crippen LogP contribution < -0.4 is 31.3 Å². The summed E-state index contributed by atoms with van der Waals surface area (Å²) in [4.78, 5) is 60.8. The Morgan fingerprint density at radius 3 is 2.15 bits per heavy atom. The molecular formula is C33H26ClF7N8O6. The molecule has 5 rings (SSSR count). The highest BCUT2D eigenvalue weighted by molar-refractivity contribution is 6.39. The molecule has 4 aromatic rings. The number of aliphatic carboxylic acids is 1. The third-order valence-corrected chi connectivity index (χ3v) is 8.01. The lowest BCUT2D eigenvalue weighted by Crippen LogP contribution is -2.44. The Balaban J connectivity index is 1.19. The molecule has 1 heterocycles. The van der Waals surface area contributed by atoms with E-state index < -0.39 is 96.0 Å². The molecule has 1 aliphatic carbocycles. The van der Waals surface area contributed by atoms with Gasteiger partial charge in [-0.15, -0.1) is 0 Å². The molecule has 22 heteroatoms. The van der Waals surface area contributed by atoms with Crippen molar-refractivity contribution >= 4 is 58.6 Å². The van der Waals surface area contributed by atoms with E-state index in [-0.39, 0.29) is 29.2 Å². The number of carbonyl (C=O) groups is 4. The van der Waals surface area contributed by atoms with Crippen molar-refractivity contribution in [1.82, 2.24) is 25.6 Å². The maximum absolute atomic E-state index is 13.8. The molecule has 0 radical (unpaired) electrons. The Morgan fingerprint density at radius 1 is 0.873 bits per heavy atom. The van der Waals surface area contributed by atoms with Gasteiger partial charge in [0.2, 0.25) is 11.9 Å². The van der Waals surface area contributed by atoms with Crippen molar-refractivity contribution in [2.24, 2.45) is 0 Å². The molecule has 3 aromatic carbocycles. The van der Waals surface area contributed by atoms with Crippen LogP contribution in [-0.4, -0.2) is 69.1 Å². The molecular weight excluding hydrogens is 773 g/mol. The largest absolute Gasteiger partial charge is 0.480 e. The summed E-state index contributed by atoms with van der Waals surface area (Å²) in [6.45, 7) is -2.20. The van der Waals surface area contributed by atoms with E-state index in [0.717, 1.165) is 5.56 Å². The summed E-state index contributed by atoms with van der Waals surface area (Å²) in [5.74, 6) is -14.0. The fourth-order valence-corrected chi connectivity index (χ4v) is 4.99. The lowest BCUT2D eigenvalue weighted by molar-refractivity contribution is -0.154. The van der Waals surface area contributed by atoms with Gasteiger partial charge in [0, 0.05) is 28.9 Å². The number of amides is 3. The van der Waals surface area contributed by atoms with Gasteiger partial charge < -0.3 is 36.4 Å². The van der Waals surface area contributed by atoms with E-state index >= 15 is 0 Å². The number of rotatable bonds is 14. The van der Waals surface area contributed by atoms with E-state index in [0.29, 0.717) is 17.9 Å². The highest BCUT2D eigenvalue weighted by Crippen LogP contribution is 2.48. The zero-order valence-electron chi connectivity index (χ0n) is 27.7. The maximum atomic E-state index is 13.8. The molecule has 6 N–H and O–H groups in total. The van der Waals surface area contributed by atoms with E-state index in [4.69, 9.17) is 16.3 Å². The Kier molecular flexibility index (Phi) is 11.9.